The first-order chi connectivity index (χ1) is 11.5. The van der Waals surface area contributed by atoms with Crippen LogP contribution in [0.4, 0.5) is 0 Å². The summed E-state index contributed by atoms with van der Waals surface area (Å²) in [5, 5.41) is 9.46. The summed E-state index contributed by atoms with van der Waals surface area (Å²) in [7, 11) is 1.98. The number of nitrogens with zero attached hydrogens (tertiary/aromatic N) is 3. The Kier molecular flexibility index (Phi) is 4.54. The molecular formula is C20H20ClN3. The Morgan fingerprint density at radius 3 is 2.33 bits per heavy atom. The van der Waals surface area contributed by atoms with Crippen molar-refractivity contribution in [3.8, 4) is 11.4 Å². The molecule has 0 N–H and O–H groups in total. The molecule has 0 atom stereocenters. The van der Waals surface area contributed by atoms with Crippen molar-refractivity contribution in [2.45, 2.75) is 19.3 Å². The van der Waals surface area contributed by atoms with Gasteiger partial charge in [-0.25, -0.2) is 0 Å². The zero-order chi connectivity index (χ0) is 17.2. The van der Waals surface area contributed by atoms with Crippen molar-refractivity contribution in [2.75, 3.05) is 0 Å². The van der Waals surface area contributed by atoms with Crippen LogP contribution in [0.3, 0.4) is 0 Å². The van der Waals surface area contributed by atoms with E-state index in [0.29, 0.717) is 5.02 Å². The van der Waals surface area contributed by atoms with E-state index in [9.17, 15) is 0 Å². The van der Waals surface area contributed by atoms with Gasteiger partial charge in [-0.2, -0.15) is 0 Å². The van der Waals surface area contributed by atoms with Crippen molar-refractivity contribution in [1.29, 1.82) is 0 Å². The van der Waals surface area contributed by atoms with Gasteiger partial charge in [-0.05, 0) is 31.5 Å². The molecule has 0 aliphatic heterocycles. The van der Waals surface area contributed by atoms with E-state index < -0.39 is 0 Å². The normalized spacial score (nSPS) is 12.0. The fourth-order valence-corrected chi connectivity index (χ4v) is 2.93. The lowest BCUT2D eigenvalue weighted by molar-refractivity contribution is 0.584. The van der Waals surface area contributed by atoms with Crippen LogP contribution in [0.2, 0.25) is 5.02 Å². The van der Waals surface area contributed by atoms with Crippen LogP contribution < -0.4 is 0 Å². The van der Waals surface area contributed by atoms with Crippen molar-refractivity contribution >= 4 is 17.7 Å². The van der Waals surface area contributed by atoms with Gasteiger partial charge in [0.05, 0.1) is 5.02 Å². The maximum atomic E-state index is 6.30. The minimum atomic E-state index is -0.253. The summed E-state index contributed by atoms with van der Waals surface area (Å²) < 4.78 is 2.01. The number of aromatic nitrogens is 3. The van der Waals surface area contributed by atoms with Gasteiger partial charge in [0, 0.05) is 18.0 Å². The summed E-state index contributed by atoms with van der Waals surface area (Å²) in [5.74, 6) is 1.67. The summed E-state index contributed by atoms with van der Waals surface area (Å²) in [6.45, 7) is 4.26. The summed E-state index contributed by atoms with van der Waals surface area (Å²) >= 11 is 6.30. The molecule has 122 valence electrons. The van der Waals surface area contributed by atoms with Gasteiger partial charge < -0.3 is 4.57 Å². The van der Waals surface area contributed by atoms with E-state index >= 15 is 0 Å². The van der Waals surface area contributed by atoms with Crippen LogP contribution >= 0.6 is 11.6 Å². The molecule has 1 aromatic heterocycles. The third kappa shape index (κ3) is 3.26. The molecule has 1 heterocycles. The highest BCUT2D eigenvalue weighted by molar-refractivity contribution is 6.33. The summed E-state index contributed by atoms with van der Waals surface area (Å²) in [4.78, 5) is 0. The molecule has 0 saturated heterocycles. The SMILES string of the molecule is Cn1c(-c2ccccc2Cl)nnc1C(C)(C)/C=C/c1ccccc1. The van der Waals surface area contributed by atoms with E-state index in [1.165, 1.54) is 5.56 Å². The van der Waals surface area contributed by atoms with E-state index in [2.05, 4.69) is 48.3 Å². The van der Waals surface area contributed by atoms with Crippen LogP contribution in [0.1, 0.15) is 25.2 Å². The molecule has 3 rings (SSSR count). The summed E-state index contributed by atoms with van der Waals surface area (Å²) in [6.07, 6.45) is 4.27. The second-order valence-corrected chi connectivity index (χ2v) is 6.76. The number of hydrogen-bond acceptors (Lipinski definition) is 2. The van der Waals surface area contributed by atoms with E-state index in [4.69, 9.17) is 11.6 Å². The van der Waals surface area contributed by atoms with Gasteiger partial charge in [-0.15, -0.1) is 10.2 Å². The fraction of sp³-hybridized carbons (Fsp3) is 0.200. The third-order valence-electron chi connectivity index (χ3n) is 4.06. The van der Waals surface area contributed by atoms with Gasteiger partial charge in [0.15, 0.2) is 5.82 Å². The first kappa shape index (κ1) is 16.5. The molecule has 0 radical (unpaired) electrons. The van der Waals surface area contributed by atoms with Gasteiger partial charge in [0.25, 0.3) is 0 Å². The Labute approximate surface area is 147 Å². The fourth-order valence-electron chi connectivity index (χ4n) is 2.71. The minimum absolute atomic E-state index is 0.253. The number of halogens is 1. The Morgan fingerprint density at radius 2 is 1.62 bits per heavy atom. The van der Waals surface area contributed by atoms with Crippen molar-refractivity contribution in [1.82, 2.24) is 14.8 Å². The monoisotopic (exact) mass is 337 g/mol. The highest BCUT2D eigenvalue weighted by atomic mass is 35.5. The molecule has 4 heteroatoms. The average Bonchev–Trinajstić information content (AvgIpc) is 2.97. The largest absolute Gasteiger partial charge is 0.313 e. The minimum Gasteiger partial charge on any atom is -0.313 e. The van der Waals surface area contributed by atoms with Gasteiger partial charge in [-0.3, -0.25) is 0 Å². The maximum Gasteiger partial charge on any atom is 0.165 e. The number of rotatable bonds is 4. The zero-order valence-electron chi connectivity index (χ0n) is 14.1. The smallest absolute Gasteiger partial charge is 0.165 e. The molecule has 0 amide bonds. The molecule has 24 heavy (non-hydrogen) atoms. The predicted octanol–water partition coefficient (Wildman–Crippen LogP) is 5.13. The Morgan fingerprint density at radius 1 is 0.958 bits per heavy atom. The number of benzene rings is 2. The number of allylic oxidation sites excluding steroid dienone is 1. The molecule has 0 bridgehead atoms. The van der Waals surface area contributed by atoms with Gasteiger partial charge in [-0.1, -0.05) is 66.2 Å². The molecule has 0 unspecified atom stereocenters. The van der Waals surface area contributed by atoms with Crippen molar-refractivity contribution in [2.24, 2.45) is 7.05 Å². The van der Waals surface area contributed by atoms with Gasteiger partial charge >= 0.3 is 0 Å². The third-order valence-corrected chi connectivity index (χ3v) is 4.39. The first-order valence-corrected chi connectivity index (χ1v) is 8.26. The Hall–Kier alpha value is -2.39. The molecule has 0 saturated carbocycles. The van der Waals surface area contributed by atoms with Crippen LogP contribution in [0.25, 0.3) is 17.5 Å². The molecule has 0 aliphatic carbocycles. The van der Waals surface area contributed by atoms with Gasteiger partial charge in [0.1, 0.15) is 5.82 Å². The highest BCUT2D eigenvalue weighted by Crippen LogP contribution is 2.30. The maximum absolute atomic E-state index is 6.30. The molecule has 0 spiro atoms. The van der Waals surface area contributed by atoms with Crippen LogP contribution in [-0.2, 0) is 12.5 Å². The van der Waals surface area contributed by atoms with Crippen LogP contribution in [0.15, 0.2) is 60.7 Å². The standard InChI is InChI=1S/C20H20ClN3/c1-20(2,14-13-15-9-5-4-6-10-15)19-23-22-18(24(19)3)16-11-7-8-12-17(16)21/h4-14H,1-3H3/b14-13+. The van der Waals surface area contributed by atoms with Crippen LogP contribution in [-0.4, -0.2) is 14.8 Å². The van der Waals surface area contributed by atoms with Crippen molar-refractivity contribution in [3.63, 3.8) is 0 Å². The highest BCUT2D eigenvalue weighted by Gasteiger charge is 2.25. The summed E-state index contributed by atoms with van der Waals surface area (Å²) in [6, 6.07) is 17.9. The predicted molar refractivity (Wildman–Crippen MR) is 100.0 cm³/mol. The van der Waals surface area contributed by atoms with E-state index in [1.54, 1.807) is 0 Å². The lowest BCUT2D eigenvalue weighted by Gasteiger charge is -2.19. The molecule has 3 nitrogen and oxygen atoms in total. The van der Waals surface area contributed by atoms with Crippen LogP contribution in [0, 0.1) is 0 Å². The molecule has 0 fully saturated rings. The van der Waals surface area contributed by atoms with E-state index in [1.807, 2.05) is 54.1 Å². The molecular weight excluding hydrogens is 318 g/mol. The summed E-state index contributed by atoms with van der Waals surface area (Å²) in [5.41, 5.74) is 1.80. The van der Waals surface area contributed by atoms with Crippen LogP contribution in [0.5, 0.6) is 0 Å². The topological polar surface area (TPSA) is 30.7 Å². The second-order valence-electron chi connectivity index (χ2n) is 6.35. The van der Waals surface area contributed by atoms with Gasteiger partial charge in [0.2, 0.25) is 0 Å². The average molecular weight is 338 g/mol. The zero-order valence-corrected chi connectivity index (χ0v) is 14.8. The molecule has 0 aliphatic rings. The first-order valence-electron chi connectivity index (χ1n) is 7.88. The van der Waals surface area contributed by atoms with Crippen molar-refractivity contribution in [3.05, 3.63) is 77.1 Å². The quantitative estimate of drug-likeness (QED) is 0.661. The lowest BCUT2D eigenvalue weighted by atomic mass is 9.91. The lowest BCUT2D eigenvalue weighted by Crippen LogP contribution is -2.19. The Bertz CT molecular complexity index is 864. The molecule has 2 aromatic carbocycles. The van der Waals surface area contributed by atoms with Crippen molar-refractivity contribution < 1.29 is 0 Å². The van der Waals surface area contributed by atoms with E-state index in [-0.39, 0.29) is 5.41 Å². The Balaban J connectivity index is 1.95. The van der Waals surface area contributed by atoms with E-state index in [0.717, 1.165) is 17.2 Å². The second kappa shape index (κ2) is 6.62. The number of hydrogen-bond donors (Lipinski definition) is 0. The molecule has 3 aromatic rings.